The van der Waals surface area contributed by atoms with Gasteiger partial charge in [-0.2, -0.15) is 0 Å². The van der Waals surface area contributed by atoms with E-state index in [1.54, 1.807) is 13.8 Å². The predicted molar refractivity (Wildman–Crippen MR) is 66.1 cm³/mol. The second-order valence-electron chi connectivity index (χ2n) is 3.88. The largest absolute Gasteiger partial charge is 1.00 e. The molecule has 1 rings (SSSR count). The van der Waals surface area contributed by atoms with Gasteiger partial charge in [0.2, 0.25) is 0 Å². The van der Waals surface area contributed by atoms with Crippen LogP contribution in [0.15, 0.2) is 24.5 Å². The average Bonchev–Trinajstić information content (AvgIpc) is 2.15. The summed E-state index contributed by atoms with van der Waals surface area (Å²) in [6.07, 6.45) is 0. The molecule has 1 aromatic rings. The molecule has 0 aliphatic carbocycles. The second kappa shape index (κ2) is 6.12. The molecule has 0 bridgehead atoms. The zero-order chi connectivity index (χ0) is 12.5. The van der Waals surface area contributed by atoms with Gasteiger partial charge in [-0.25, -0.2) is 0 Å². The smallest absolute Gasteiger partial charge is 1.00 e. The van der Waals surface area contributed by atoms with Gasteiger partial charge in [0.05, 0.1) is 0 Å². The maximum Gasteiger partial charge on any atom is 1.00 e. The summed E-state index contributed by atoms with van der Waals surface area (Å²) in [4.78, 5) is 21.3. The van der Waals surface area contributed by atoms with E-state index in [4.69, 9.17) is 0 Å². The van der Waals surface area contributed by atoms with E-state index in [0.717, 1.165) is 22.5 Å². The van der Waals surface area contributed by atoms with Crippen molar-refractivity contribution in [2.45, 2.75) is 20.8 Å². The van der Waals surface area contributed by atoms with Crippen LogP contribution >= 0.6 is 7.37 Å². The van der Waals surface area contributed by atoms with E-state index in [0.29, 0.717) is 5.56 Å². The molecule has 0 saturated heterocycles. The topological polar surface area (TPSA) is 54.4 Å². The Hall–Kier alpha value is -0.180. The summed E-state index contributed by atoms with van der Waals surface area (Å²) in [7, 11) is -3.93. The molecule has 0 radical (unpaired) electrons. The predicted octanol–water partition coefficient (Wildman–Crippen LogP) is 0.282. The maximum atomic E-state index is 11.9. The van der Waals surface area contributed by atoms with Crippen LogP contribution in [0.1, 0.15) is 28.5 Å². The summed E-state index contributed by atoms with van der Waals surface area (Å²) in [5.74, 6) is 0.827. The Morgan fingerprint density at radius 1 is 1.35 bits per heavy atom. The minimum Gasteiger partial charge on any atom is -1.00 e. The van der Waals surface area contributed by atoms with Crippen LogP contribution < -0.4 is 29.6 Å². The number of benzene rings is 1. The Bertz CT molecular complexity index is 491. The fraction of sp³-hybridized carbons (Fsp3) is 0.250. The first kappa shape index (κ1) is 16.8. The number of aryl methyl sites for hydroxylation is 3. The van der Waals surface area contributed by atoms with E-state index in [1.165, 1.54) is 0 Å². The SMILES string of the molecule is C=CP(=O)(O)C(=O)c1c(C)cc(C)cc1C.[H-].[Na+]. The van der Waals surface area contributed by atoms with Gasteiger partial charge in [-0.1, -0.05) is 24.3 Å². The van der Waals surface area contributed by atoms with Crippen LogP contribution in [0, 0.1) is 20.8 Å². The van der Waals surface area contributed by atoms with Gasteiger partial charge in [0.1, 0.15) is 0 Å². The second-order valence-corrected chi connectivity index (χ2v) is 5.90. The molecular formula is C12H16NaO3P. The number of carbonyl (C=O) groups is 1. The van der Waals surface area contributed by atoms with Crippen molar-refractivity contribution in [2.75, 3.05) is 0 Å². The van der Waals surface area contributed by atoms with Gasteiger partial charge in [0.15, 0.2) is 0 Å². The molecule has 1 unspecified atom stereocenters. The van der Waals surface area contributed by atoms with Crippen LogP contribution in [0.4, 0.5) is 0 Å². The first-order chi connectivity index (χ1) is 7.29. The maximum absolute atomic E-state index is 11.9. The van der Waals surface area contributed by atoms with Crippen molar-refractivity contribution in [2.24, 2.45) is 0 Å². The van der Waals surface area contributed by atoms with Crippen LogP contribution in [-0.4, -0.2) is 10.4 Å². The molecule has 1 N–H and O–H groups in total. The van der Waals surface area contributed by atoms with Gasteiger partial charge in [0, 0.05) is 11.4 Å². The number of hydrogen-bond donors (Lipinski definition) is 1. The van der Waals surface area contributed by atoms with E-state index in [2.05, 4.69) is 6.58 Å². The van der Waals surface area contributed by atoms with Crippen molar-refractivity contribution in [1.29, 1.82) is 0 Å². The van der Waals surface area contributed by atoms with Crippen LogP contribution in [0.5, 0.6) is 0 Å². The van der Waals surface area contributed by atoms with Crippen LogP contribution in [0.2, 0.25) is 0 Å². The average molecular weight is 262 g/mol. The van der Waals surface area contributed by atoms with E-state index in [9.17, 15) is 14.3 Å². The molecule has 3 nitrogen and oxygen atoms in total. The summed E-state index contributed by atoms with van der Waals surface area (Å²) in [6.45, 7) is 8.66. The molecule has 0 amide bonds. The summed E-state index contributed by atoms with van der Waals surface area (Å²) >= 11 is 0. The molecule has 5 heteroatoms. The Kier molecular flexibility index (Phi) is 6.06. The molecule has 0 saturated carbocycles. The molecule has 0 heterocycles. The summed E-state index contributed by atoms with van der Waals surface area (Å²) in [5, 5.41) is 0. The third-order valence-corrected chi connectivity index (χ3v) is 3.73. The van der Waals surface area contributed by atoms with Crippen molar-refractivity contribution in [1.82, 2.24) is 0 Å². The van der Waals surface area contributed by atoms with Crippen molar-refractivity contribution < 1.29 is 45.2 Å². The monoisotopic (exact) mass is 262 g/mol. The molecule has 0 spiro atoms. The molecule has 1 atom stereocenters. The van der Waals surface area contributed by atoms with Crippen LogP contribution in [-0.2, 0) is 4.57 Å². The van der Waals surface area contributed by atoms with E-state index in [1.807, 2.05) is 19.1 Å². The van der Waals surface area contributed by atoms with Gasteiger partial charge in [-0.15, -0.1) is 0 Å². The van der Waals surface area contributed by atoms with E-state index in [-0.39, 0.29) is 31.0 Å². The molecule has 0 aliphatic heterocycles. The molecular weight excluding hydrogens is 246 g/mol. The molecule has 88 valence electrons. The summed E-state index contributed by atoms with van der Waals surface area (Å²) < 4.78 is 11.6. The van der Waals surface area contributed by atoms with Crippen LogP contribution in [0.3, 0.4) is 0 Å². The van der Waals surface area contributed by atoms with Crippen molar-refractivity contribution in [3.63, 3.8) is 0 Å². The van der Waals surface area contributed by atoms with Crippen molar-refractivity contribution in [3.8, 4) is 0 Å². The summed E-state index contributed by atoms with van der Waals surface area (Å²) in [5.41, 5.74) is 2.06. The quantitative estimate of drug-likeness (QED) is 0.629. The van der Waals surface area contributed by atoms with Gasteiger partial charge >= 0.3 is 29.6 Å². The molecule has 0 aromatic heterocycles. The van der Waals surface area contributed by atoms with E-state index < -0.39 is 12.9 Å². The fourth-order valence-electron chi connectivity index (χ4n) is 1.76. The zero-order valence-corrected chi connectivity index (χ0v) is 13.5. The Labute approximate surface area is 125 Å². The van der Waals surface area contributed by atoms with Gasteiger partial charge < -0.3 is 6.32 Å². The van der Waals surface area contributed by atoms with Gasteiger partial charge in [-0.05, 0) is 31.9 Å². The number of carbonyl (C=O) groups excluding carboxylic acids is 1. The normalized spacial score (nSPS) is 13.4. The van der Waals surface area contributed by atoms with Crippen molar-refractivity contribution >= 4 is 12.9 Å². The fourth-order valence-corrected chi connectivity index (χ4v) is 2.60. The molecule has 1 aromatic carbocycles. The molecule has 0 fully saturated rings. The first-order valence-corrected chi connectivity index (χ1v) is 6.61. The summed E-state index contributed by atoms with van der Waals surface area (Å²) in [6, 6.07) is 3.65. The Balaban J connectivity index is 0. The van der Waals surface area contributed by atoms with Gasteiger partial charge in [-0.3, -0.25) is 9.36 Å². The minimum absolute atomic E-state index is 0. The first-order valence-electron chi connectivity index (χ1n) is 4.88. The number of rotatable bonds is 3. The minimum atomic E-state index is -3.93. The van der Waals surface area contributed by atoms with E-state index >= 15 is 0 Å². The van der Waals surface area contributed by atoms with Gasteiger partial charge in [0.25, 0.3) is 12.9 Å². The Morgan fingerprint density at radius 2 is 1.76 bits per heavy atom. The zero-order valence-electron chi connectivity index (χ0n) is 11.7. The van der Waals surface area contributed by atoms with Crippen LogP contribution in [0.25, 0.3) is 0 Å². The third kappa shape index (κ3) is 3.64. The Morgan fingerprint density at radius 3 is 2.12 bits per heavy atom. The molecule has 0 aliphatic rings. The third-order valence-electron chi connectivity index (χ3n) is 2.43. The molecule has 17 heavy (non-hydrogen) atoms. The standard InChI is InChI=1S/C12H15O3P.Na.H/c1-5-16(14,15)12(13)11-9(3)6-8(2)7-10(11)4;;/h5-7H,1H2,2-4H3,(H,14,15);;/q;+1;-1. The number of hydrogen-bond acceptors (Lipinski definition) is 2. The van der Waals surface area contributed by atoms with Crippen molar-refractivity contribution in [3.05, 3.63) is 46.8 Å².